The van der Waals surface area contributed by atoms with Crippen LogP contribution < -0.4 is 5.32 Å². The van der Waals surface area contributed by atoms with Crippen LogP contribution in [0.1, 0.15) is 22.8 Å². The minimum Gasteiger partial charge on any atom is -0.348 e. The summed E-state index contributed by atoms with van der Waals surface area (Å²) in [4.78, 5) is 11.8. The molecule has 0 aliphatic carbocycles. The molecule has 2 rings (SSSR count). The van der Waals surface area contributed by atoms with Gasteiger partial charge in [0.2, 0.25) is 5.91 Å². The summed E-state index contributed by atoms with van der Waals surface area (Å²) in [5.74, 6) is 0.377. The van der Waals surface area contributed by atoms with Crippen LogP contribution in [0.15, 0.2) is 0 Å². The normalized spacial score (nSPS) is 10.6. The van der Waals surface area contributed by atoms with Gasteiger partial charge >= 0.3 is 0 Å². The van der Waals surface area contributed by atoms with Gasteiger partial charge < -0.3 is 5.32 Å². The van der Waals surface area contributed by atoms with Crippen molar-refractivity contribution in [1.82, 2.24) is 35.7 Å². The van der Waals surface area contributed by atoms with Gasteiger partial charge in [-0.15, -0.1) is 10.2 Å². The van der Waals surface area contributed by atoms with Crippen LogP contribution in [0.2, 0.25) is 0 Å². The zero-order valence-corrected chi connectivity index (χ0v) is 10.6. The van der Waals surface area contributed by atoms with Crippen LogP contribution in [0.4, 0.5) is 0 Å². The van der Waals surface area contributed by atoms with E-state index in [1.165, 1.54) is 0 Å². The van der Waals surface area contributed by atoms with Gasteiger partial charge in [0.15, 0.2) is 5.82 Å². The maximum absolute atomic E-state index is 11.8. The SMILES string of the molecule is Cc1nn(C)c(C)c1CC(=O)NCc1nn[nH]n1. The number of carbonyl (C=O) groups excluding carboxylic acids is 1. The van der Waals surface area contributed by atoms with Crippen molar-refractivity contribution in [1.29, 1.82) is 0 Å². The molecule has 0 spiro atoms. The molecule has 0 saturated heterocycles. The first-order valence-corrected chi connectivity index (χ1v) is 5.56. The van der Waals surface area contributed by atoms with Crippen molar-refractivity contribution in [3.05, 3.63) is 22.8 Å². The maximum Gasteiger partial charge on any atom is 0.224 e. The molecule has 0 saturated carbocycles. The van der Waals surface area contributed by atoms with Crippen molar-refractivity contribution < 1.29 is 4.79 Å². The highest BCUT2D eigenvalue weighted by Crippen LogP contribution is 2.12. The number of aromatic amines is 1. The van der Waals surface area contributed by atoms with E-state index in [-0.39, 0.29) is 12.5 Å². The van der Waals surface area contributed by atoms with E-state index in [1.807, 2.05) is 20.9 Å². The van der Waals surface area contributed by atoms with Crippen molar-refractivity contribution >= 4 is 5.91 Å². The first-order valence-electron chi connectivity index (χ1n) is 5.56. The lowest BCUT2D eigenvalue weighted by molar-refractivity contribution is -0.120. The fourth-order valence-corrected chi connectivity index (χ4v) is 1.73. The lowest BCUT2D eigenvalue weighted by Gasteiger charge is -2.03. The molecule has 0 fully saturated rings. The molecular formula is C10H15N7O. The van der Waals surface area contributed by atoms with E-state index in [0.717, 1.165) is 17.0 Å². The summed E-state index contributed by atoms with van der Waals surface area (Å²) in [5.41, 5.74) is 2.84. The molecule has 0 unspecified atom stereocenters. The monoisotopic (exact) mass is 249 g/mol. The Labute approximate surface area is 104 Å². The number of carbonyl (C=O) groups is 1. The third-order valence-corrected chi connectivity index (χ3v) is 2.83. The second-order valence-electron chi connectivity index (χ2n) is 4.05. The fourth-order valence-electron chi connectivity index (χ4n) is 1.73. The van der Waals surface area contributed by atoms with Gasteiger partial charge in [-0.2, -0.15) is 10.3 Å². The summed E-state index contributed by atoms with van der Waals surface area (Å²) >= 11 is 0. The maximum atomic E-state index is 11.8. The van der Waals surface area contributed by atoms with Gasteiger partial charge in [0.25, 0.3) is 0 Å². The summed E-state index contributed by atoms with van der Waals surface area (Å²) in [6.45, 7) is 4.12. The van der Waals surface area contributed by atoms with Crippen LogP contribution in [0.5, 0.6) is 0 Å². The summed E-state index contributed by atoms with van der Waals surface area (Å²) in [6, 6.07) is 0. The molecule has 8 heteroatoms. The Morgan fingerprint density at radius 1 is 1.44 bits per heavy atom. The molecule has 0 atom stereocenters. The number of hydrogen-bond acceptors (Lipinski definition) is 5. The third-order valence-electron chi connectivity index (χ3n) is 2.83. The quantitative estimate of drug-likeness (QED) is 0.754. The second-order valence-corrected chi connectivity index (χ2v) is 4.05. The molecule has 8 nitrogen and oxygen atoms in total. The molecule has 18 heavy (non-hydrogen) atoms. The van der Waals surface area contributed by atoms with Crippen LogP contribution >= 0.6 is 0 Å². The van der Waals surface area contributed by atoms with Gasteiger partial charge in [-0.05, 0) is 13.8 Å². The lowest BCUT2D eigenvalue weighted by atomic mass is 10.1. The first kappa shape index (κ1) is 12.2. The smallest absolute Gasteiger partial charge is 0.224 e. The Morgan fingerprint density at radius 3 is 2.78 bits per heavy atom. The number of nitrogens with one attached hydrogen (secondary N) is 2. The van der Waals surface area contributed by atoms with E-state index in [1.54, 1.807) is 4.68 Å². The van der Waals surface area contributed by atoms with E-state index >= 15 is 0 Å². The standard InChI is InChI=1S/C10H15N7O/c1-6-8(7(2)17(3)14-6)4-10(18)11-5-9-12-15-16-13-9/h4-5H2,1-3H3,(H,11,18)(H,12,13,15,16). The molecule has 0 aliphatic rings. The minimum absolute atomic E-state index is 0.0843. The lowest BCUT2D eigenvalue weighted by Crippen LogP contribution is -2.25. The summed E-state index contributed by atoms with van der Waals surface area (Å²) < 4.78 is 1.77. The van der Waals surface area contributed by atoms with Crippen LogP contribution in [-0.2, 0) is 24.8 Å². The molecule has 0 radical (unpaired) electrons. The number of amides is 1. The number of aryl methyl sites for hydroxylation is 2. The van der Waals surface area contributed by atoms with Gasteiger partial charge in [-0.1, -0.05) is 5.21 Å². The molecule has 0 aromatic carbocycles. The van der Waals surface area contributed by atoms with Crippen molar-refractivity contribution in [3.8, 4) is 0 Å². The highest BCUT2D eigenvalue weighted by atomic mass is 16.1. The Hall–Kier alpha value is -2.25. The number of rotatable bonds is 4. The number of tetrazole rings is 1. The topological polar surface area (TPSA) is 101 Å². The summed E-state index contributed by atoms with van der Waals surface area (Å²) in [6.07, 6.45) is 0.309. The Morgan fingerprint density at radius 2 is 2.22 bits per heavy atom. The number of H-pyrrole nitrogens is 1. The molecule has 2 heterocycles. The summed E-state index contributed by atoms with van der Waals surface area (Å²) in [7, 11) is 1.86. The highest BCUT2D eigenvalue weighted by Gasteiger charge is 2.13. The van der Waals surface area contributed by atoms with E-state index in [2.05, 4.69) is 31.0 Å². The minimum atomic E-state index is -0.0843. The zero-order valence-electron chi connectivity index (χ0n) is 10.6. The van der Waals surface area contributed by atoms with Crippen molar-refractivity contribution in [2.24, 2.45) is 7.05 Å². The van der Waals surface area contributed by atoms with Gasteiger partial charge in [0.1, 0.15) is 0 Å². The average Bonchev–Trinajstić information content (AvgIpc) is 2.92. The van der Waals surface area contributed by atoms with E-state index in [4.69, 9.17) is 0 Å². The average molecular weight is 249 g/mol. The molecule has 96 valence electrons. The molecule has 0 bridgehead atoms. The van der Waals surface area contributed by atoms with Gasteiger partial charge in [-0.3, -0.25) is 9.48 Å². The van der Waals surface area contributed by atoms with Crippen molar-refractivity contribution in [2.45, 2.75) is 26.8 Å². The predicted molar refractivity (Wildman–Crippen MR) is 62.4 cm³/mol. The number of hydrogen-bond donors (Lipinski definition) is 2. The molecule has 2 aromatic rings. The summed E-state index contributed by atoms with van der Waals surface area (Å²) in [5, 5.41) is 20.3. The van der Waals surface area contributed by atoms with E-state index in [0.29, 0.717) is 12.2 Å². The zero-order chi connectivity index (χ0) is 13.1. The van der Waals surface area contributed by atoms with Crippen molar-refractivity contribution in [3.63, 3.8) is 0 Å². The van der Waals surface area contributed by atoms with E-state index < -0.39 is 0 Å². The van der Waals surface area contributed by atoms with Gasteiger partial charge in [0.05, 0.1) is 18.7 Å². The fraction of sp³-hybridized carbons (Fsp3) is 0.500. The highest BCUT2D eigenvalue weighted by molar-refractivity contribution is 5.79. The van der Waals surface area contributed by atoms with E-state index in [9.17, 15) is 4.79 Å². The predicted octanol–water partition coefficient (Wildman–Crippen LogP) is -0.591. The molecule has 2 aromatic heterocycles. The molecule has 2 N–H and O–H groups in total. The third kappa shape index (κ3) is 2.53. The van der Waals surface area contributed by atoms with Crippen LogP contribution in [0.25, 0.3) is 0 Å². The molecular weight excluding hydrogens is 234 g/mol. The molecule has 1 amide bonds. The Bertz CT molecular complexity index is 543. The Balaban J connectivity index is 1.95. The van der Waals surface area contributed by atoms with Gasteiger partial charge in [0, 0.05) is 18.3 Å². The van der Waals surface area contributed by atoms with Crippen LogP contribution in [-0.4, -0.2) is 36.3 Å². The first-order chi connectivity index (χ1) is 8.58. The molecule has 0 aliphatic heterocycles. The number of aromatic nitrogens is 6. The second kappa shape index (κ2) is 4.94. The van der Waals surface area contributed by atoms with Crippen LogP contribution in [0, 0.1) is 13.8 Å². The van der Waals surface area contributed by atoms with Crippen molar-refractivity contribution in [2.75, 3.05) is 0 Å². The van der Waals surface area contributed by atoms with Gasteiger partial charge in [-0.25, -0.2) is 0 Å². The Kier molecular flexibility index (Phi) is 3.35. The number of nitrogens with zero attached hydrogens (tertiary/aromatic N) is 5. The largest absolute Gasteiger partial charge is 0.348 e. The van der Waals surface area contributed by atoms with Crippen LogP contribution in [0.3, 0.4) is 0 Å².